The fourth-order valence-electron chi connectivity index (χ4n) is 2.81. The third kappa shape index (κ3) is 4.04. The molecule has 2 heterocycles. The first kappa shape index (κ1) is 19.9. The smallest absolute Gasteiger partial charge is 0.231 e. The maximum atomic E-state index is 11.8. The summed E-state index contributed by atoms with van der Waals surface area (Å²) < 4.78 is 28.9. The van der Waals surface area contributed by atoms with E-state index in [0.717, 1.165) is 29.4 Å². The zero-order valence-electron chi connectivity index (χ0n) is 16.6. The van der Waals surface area contributed by atoms with Gasteiger partial charge in [-0.05, 0) is 38.0 Å². The minimum absolute atomic E-state index is 0.186. The van der Waals surface area contributed by atoms with E-state index in [0.29, 0.717) is 23.0 Å². The van der Waals surface area contributed by atoms with Gasteiger partial charge in [0, 0.05) is 24.6 Å². The Morgan fingerprint density at radius 3 is 2.68 bits per heavy atom. The number of hydrogen-bond donors (Lipinski definition) is 3. The van der Waals surface area contributed by atoms with Gasteiger partial charge in [0.1, 0.15) is 17.2 Å². The number of benzene rings is 1. The summed E-state index contributed by atoms with van der Waals surface area (Å²) >= 11 is 0. The van der Waals surface area contributed by atoms with Gasteiger partial charge in [-0.15, -0.1) is 0 Å². The number of fused-ring (bicyclic) bond motifs is 1. The Kier molecular flexibility index (Phi) is 5.46. The highest BCUT2D eigenvalue weighted by molar-refractivity contribution is 7.90. The molecule has 0 radical (unpaired) electrons. The van der Waals surface area contributed by atoms with Crippen molar-refractivity contribution in [2.24, 2.45) is 0 Å². The molecule has 1 aromatic carbocycles. The van der Waals surface area contributed by atoms with Gasteiger partial charge in [-0.3, -0.25) is 0 Å². The molecule has 0 unspecified atom stereocenters. The van der Waals surface area contributed by atoms with E-state index >= 15 is 0 Å². The highest BCUT2D eigenvalue weighted by Crippen LogP contribution is 2.31. The quantitative estimate of drug-likeness (QED) is 0.552. The summed E-state index contributed by atoms with van der Waals surface area (Å²) in [6, 6.07) is 4.90. The Morgan fingerprint density at radius 1 is 1.29 bits per heavy atom. The van der Waals surface area contributed by atoms with Crippen LogP contribution in [-0.4, -0.2) is 42.8 Å². The normalized spacial score (nSPS) is 12.8. The Hall–Kier alpha value is -2.81. The number of ether oxygens (including phenoxy) is 1. The van der Waals surface area contributed by atoms with Crippen LogP contribution >= 0.6 is 0 Å². The minimum atomic E-state index is -3.33. The molecule has 2 aromatic heterocycles. The number of nitrogens with zero attached hydrogens (tertiary/aromatic N) is 2. The van der Waals surface area contributed by atoms with Crippen molar-refractivity contribution >= 4 is 38.3 Å². The number of rotatable bonds is 7. The summed E-state index contributed by atoms with van der Waals surface area (Å²) in [4.78, 5) is 12.5. The molecule has 150 valence electrons. The molecule has 0 saturated carbocycles. The highest BCUT2D eigenvalue weighted by atomic mass is 32.2. The summed E-state index contributed by atoms with van der Waals surface area (Å²) in [5, 5.41) is 7.51. The molecule has 0 aliphatic carbocycles. The molecule has 0 aliphatic heterocycles. The van der Waals surface area contributed by atoms with Crippen LogP contribution in [0.5, 0.6) is 5.75 Å². The second-order valence-electron chi connectivity index (χ2n) is 6.80. The summed E-state index contributed by atoms with van der Waals surface area (Å²) in [5.74, 6) is 1.52. The number of aryl methyl sites for hydroxylation is 1. The highest BCUT2D eigenvalue weighted by Gasteiger charge is 2.16. The molecule has 1 atom stereocenters. The number of hydrogen-bond acceptors (Lipinski definition) is 7. The standard InChI is InChI=1S/C19H25N5O3S/c1-6-12(3)21-18-16-11(2)10-20-17(16)23-19(24-18)22-14-8-7-13(28(5,25)26)9-15(14)27-4/h7-10,12H,6H2,1-5H3,(H3,20,21,22,23,24)/t12-/m1/s1. The third-order valence-corrected chi connectivity index (χ3v) is 5.68. The van der Waals surface area contributed by atoms with E-state index in [4.69, 9.17) is 4.74 Å². The van der Waals surface area contributed by atoms with E-state index in [1.807, 2.05) is 13.1 Å². The number of aromatic nitrogens is 3. The molecule has 0 aliphatic rings. The second-order valence-corrected chi connectivity index (χ2v) is 8.82. The van der Waals surface area contributed by atoms with Crippen LogP contribution in [0.25, 0.3) is 11.0 Å². The number of aromatic amines is 1. The molecule has 0 amide bonds. The second kappa shape index (κ2) is 7.67. The van der Waals surface area contributed by atoms with Crippen LogP contribution in [0.4, 0.5) is 17.5 Å². The van der Waals surface area contributed by atoms with E-state index in [-0.39, 0.29) is 10.9 Å². The predicted octanol–water partition coefficient (Wildman–Crippen LogP) is 3.63. The predicted molar refractivity (Wildman–Crippen MR) is 111 cm³/mol. The maximum Gasteiger partial charge on any atom is 0.231 e. The van der Waals surface area contributed by atoms with E-state index in [1.54, 1.807) is 6.07 Å². The van der Waals surface area contributed by atoms with Gasteiger partial charge >= 0.3 is 0 Å². The molecule has 28 heavy (non-hydrogen) atoms. The van der Waals surface area contributed by atoms with E-state index in [1.165, 1.54) is 19.2 Å². The molecular weight excluding hydrogens is 378 g/mol. The summed E-state index contributed by atoms with van der Waals surface area (Å²) in [6.45, 7) is 6.20. The topological polar surface area (TPSA) is 109 Å². The fourth-order valence-corrected chi connectivity index (χ4v) is 3.45. The van der Waals surface area contributed by atoms with Gasteiger partial charge in [0.25, 0.3) is 0 Å². The van der Waals surface area contributed by atoms with Crippen molar-refractivity contribution in [1.29, 1.82) is 0 Å². The average molecular weight is 404 g/mol. The lowest BCUT2D eigenvalue weighted by molar-refractivity contribution is 0.415. The summed E-state index contributed by atoms with van der Waals surface area (Å²) in [6.07, 6.45) is 4.01. The van der Waals surface area contributed by atoms with Crippen molar-refractivity contribution < 1.29 is 13.2 Å². The molecular formula is C19H25N5O3S. The summed E-state index contributed by atoms with van der Waals surface area (Å²) in [7, 11) is -1.84. The van der Waals surface area contributed by atoms with Gasteiger partial charge in [0.05, 0.1) is 23.1 Å². The van der Waals surface area contributed by atoms with Crippen molar-refractivity contribution in [3.05, 3.63) is 30.0 Å². The largest absolute Gasteiger partial charge is 0.495 e. The molecule has 0 fully saturated rings. The molecule has 8 nitrogen and oxygen atoms in total. The number of methoxy groups -OCH3 is 1. The molecule has 3 N–H and O–H groups in total. The van der Waals surface area contributed by atoms with E-state index < -0.39 is 9.84 Å². The fraction of sp³-hybridized carbons (Fsp3) is 0.368. The van der Waals surface area contributed by atoms with Gasteiger partial charge in [-0.2, -0.15) is 9.97 Å². The molecule has 0 spiro atoms. The average Bonchev–Trinajstić information content (AvgIpc) is 3.02. The first-order chi connectivity index (χ1) is 13.2. The van der Waals surface area contributed by atoms with Crippen molar-refractivity contribution in [2.45, 2.75) is 38.1 Å². The molecule has 0 saturated heterocycles. The maximum absolute atomic E-state index is 11.8. The van der Waals surface area contributed by atoms with Crippen LogP contribution in [0.15, 0.2) is 29.3 Å². The Labute approximate surface area is 164 Å². The molecule has 3 aromatic rings. The molecule has 3 rings (SSSR count). The zero-order chi connectivity index (χ0) is 20.5. The van der Waals surface area contributed by atoms with E-state index in [9.17, 15) is 8.42 Å². The van der Waals surface area contributed by atoms with Crippen LogP contribution in [0.2, 0.25) is 0 Å². The lowest BCUT2D eigenvalue weighted by atomic mass is 10.2. The van der Waals surface area contributed by atoms with Gasteiger partial charge in [0.2, 0.25) is 5.95 Å². The van der Waals surface area contributed by atoms with Crippen LogP contribution in [0.1, 0.15) is 25.8 Å². The van der Waals surface area contributed by atoms with Gasteiger partial charge in [-0.1, -0.05) is 6.92 Å². The Morgan fingerprint density at radius 2 is 2.04 bits per heavy atom. The molecule has 0 bridgehead atoms. The first-order valence-corrected chi connectivity index (χ1v) is 10.9. The SMILES string of the molecule is CC[C@@H](C)Nc1nc(Nc2ccc(S(C)(=O)=O)cc2OC)nc2[nH]cc(C)c12. The van der Waals surface area contributed by atoms with Crippen molar-refractivity contribution in [1.82, 2.24) is 15.0 Å². The van der Waals surface area contributed by atoms with Gasteiger partial charge < -0.3 is 20.4 Å². The number of sulfone groups is 1. The van der Waals surface area contributed by atoms with Crippen LogP contribution in [0.3, 0.4) is 0 Å². The van der Waals surface area contributed by atoms with Crippen molar-refractivity contribution in [3.63, 3.8) is 0 Å². The lowest BCUT2D eigenvalue weighted by Crippen LogP contribution is -2.15. The van der Waals surface area contributed by atoms with Crippen LogP contribution in [-0.2, 0) is 9.84 Å². The lowest BCUT2D eigenvalue weighted by Gasteiger charge is -2.16. The number of H-pyrrole nitrogens is 1. The van der Waals surface area contributed by atoms with Crippen LogP contribution in [0, 0.1) is 6.92 Å². The number of anilines is 3. The van der Waals surface area contributed by atoms with Gasteiger partial charge in [-0.25, -0.2) is 8.42 Å². The number of nitrogens with one attached hydrogen (secondary N) is 3. The van der Waals surface area contributed by atoms with Crippen molar-refractivity contribution in [3.8, 4) is 5.75 Å². The zero-order valence-corrected chi connectivity index (χ0v) is 17.4. The van der Waals surface area contributed by atoms with E-state index in [2.05, 4.69) is 39.4 Å². The molecule has 9 heteroatoms. The van der Waals surface area contributed by atoms with Crippen LogP contribution < -0.4 is 15.4 Å². The first-order valence-electron chi connectivity index (χ1n) is 9.00. The van der Waals surface area contributed by atoms with Gasteiger partial charge in [0.15, 0.2) is 9.84 Å². The van der Waals surface area contributed by atoms with Crippen molar-refractivity contribution in [2.75, 3.05) is 24.0 Å². The third-order valence-electron chi connectivity index (χ3n) is 4.57. The Balaban J connectivity index is 2.03. The minimum Gasteiger partial charge on any atom is -0.495 e. The monoisotopic (exact) mass is 403 g/mol. The summed E-state index contributed by atoms with van der Waals surface area (Å²) in [5.41, 5.74) is 2.35. The Bertz CT molecular complexity index is 1110.